The summed E-state index contributed by atoms with van der Waals surface area (Å²) in [7, 11) is 2.02. The maximum atomic E-state index is 12.9. The van der Waals surface area contributed by atoms with Crippen LogP contribution < -0.4 is 5.32 Å². The molecule has 0 saturated carbocycles. The number of amides is 1. The maximum Gasteiger partial charge on any atom is 0.241 e. The van der Waals surface area contributed by atoms with Crippen LogP contribution in [0.25, 0.3) is 5.69 Å². The fourth-order valence-corrected chi connectivity index (χ4v) is 3.80. The third-order valence-corrected chi connectivity index (χ3v) is 5.59. The van der Waals surface area contributed by atoms with Crippen LogP contribution in [0.1, 0.15) is 30.2 Å². The molecule has 0 aliphatic carbocycles. The first kappa shape index (κ1) is 18.4. The number of carbonyl (C=O) groups excluding carboxylic acids is 1. The Morgan fingerprint density at radius 3 is 2.61 bits per heavy atom. The first-order valence-corrected chi connectivity index (χ1v) is 9.65. The number of aromatic nitrogens is 4. The van der Waals surface area contributed by atoms with Gasteiger partial charge in [0.25, 0.3) is 0 Å². The number of benzene rings is 1. The van der Waals surface area contributed by atoms with Gasteiger partial charge in [-0.15, -0.1) is 0 Å². The Kier molecular flexibility index (Phi) is 5.00. The molecule has 1 aliphatic rings. The number of carbonyl (C=O) groups is 1. The highest BCUT2D eigenvalue weighted by Crippen LogP contribution is 2.22. The molecule has 1 amide bonds. The molecule has 1 saturated heterocycles. The highest BCUT2D eigenvalue weighted by molar-refractivity contribution is 5.95. The van der Waals surface area contributed by atoms with Crippen molar-refractivity contribution in [3.8, 4) is 5.69 Å². The molecule has 1 aromatic carbocycles. The normalized spacial score (nSPS) is 17.2. The zero-order valence-electron chi connectivity index (χ0n) is 16.6. The molecule has 3 aromatic rings. The van der Waals surface area contributed by atoms with Gasteiger partial charge in [0.2, 0.25) is 5.91 Å². The minimum absolute atomic E-state index is 0.0583. The maximum absolute atomic E-state index is 12.9. The van der Waals surface area contributed by atoms with Crippen molar-refractivity contribution in [3.63, 3.8) is 0 Å². The van der Waals surface area contributed by atoms with E-state index in [2.05, 4.69) is 24.8 Å². The van der Waals surface area contributed by atoms with Crippen molar-refractivity contribution < 1.29 is 4.79 Å². The van der Waals surface area contributed by atoms with Crippen molar-refractivity contribution in [2.75, 3.05) is 11.9 Å². The molecule has 146 valence electrons. The van der Waals surface area contributed by atoms with Crippen molar-refractivity contribution in [2.45, 2.75) is 39.3 Å². The van der Waals surface area contributed by atoms with Gasteiger partial charge in [-0.05, 0) is 57.5 Å². The molecule has 0 radical (unpaired) electrons. The van der Waals surface area contributed by atoms with Gasteiger partial charge in [0.05, 0.1) is 11.7 Å². The van der Waals surface area contributed by atoms with E-state index in [0.717, 1.165) is 54.6 Å². The van der Waals surface area contributed by atoms with E-state index in [1.165, 1.54) is 0 Å². The number of anilines is 1. The summed E-state index contributed by atoms with van der Waals surface area (Å²) in [4.78, 5) is 23.7. The van der Waals surface area contributed by atoms with Gasteiger partial charge in [-0.3, -0.25) is 9.69 Å². The van der Waals surface area contributed by atoms with Crippen LogP contribution in [0.15, 0.2) is 42.9 Å². The van der Waals surface area contributed by atoms with E-state index in [1.807, 2.05) is 62.1 Å². The van der Waals surface area contributed by atoms with Gasteiger partial charge in [-0.1, -0.05) is 0 Å². The molecule has 1 fully saturated rings. The number of nitrogens with one attached hydrogen (secondary N) is 1. The fourth-order valence-electron chi connectivity index (χ4n) is 3.80. The van der Waals surface area contributed by atoms with E-state index >= 15 is 0 Å². The Labute approximate surface area is 165 Å². The van der Waals surface area contributed by atoms with E-state index in [9.17, 15) is 4.79 Å². The molecule has 3 heterocycles. The lowest BCUT2D eigenvalue weighted by Gasteiger charge is -2.23. The molecule has 1 unspecified atom stereocenters. The molecule has 1 N–H and O–H groups in total. The summed E-state index contributed by atoms with van der Waals surface area (Å²) in [6.45, 7) is 5.64. The monoisotopic (exact) mass is 378 g/mol. The lowest BCUT2D eigenvalue weighted by molar-refractivity contribution is -0.120. The Morgan fingerprint density at radius 1 is 1.18 bits per heavy atom. The van der Waals surface area contributed by atoms with E-state index in [0.29, 0.717) is 0 Å². The Morgan fingerprint density at radius 2 is 1.96 bits per heavy atom. The third-order valence-electron chi connectivity index (χ3n) is 5.59. The molecule has 1 aliphatic heterocycles. The second-order valence-electron chi connectivity index (χ2n) is 7.36. The summed E-state index contributed by atoms with van der Waals surface area (Å²) in [5, 5.41) is 3.08. The number of hydrogen-bond acceptors (Lipinski definition) is 4. The largest absolute Gasteiger partial charge is 0.334 e. The minimum atomic E-state index is -0.106. The summed E-state index contributed by atoms with van der Waals surface area (Å²) < 4.78 is 4.10. The minimum Gasteiger partial charge on any atom is -0.334 e. The van der Waals surface area contributed by atoms with Crippen molar-refractivity contribution in [2.24, 2.45) is 7.05 Å². The summed E-state index contributed by atoms with van der Waals surface area (Å²) >= 11 is 0. The number of aryl methyl sites for hydroxylation is 2. The number of rotatable bonds is 5. The lowest BCUT2D eigenvalue weighted by atomic mass is 10.2. The molecule has 0 bridgehead atoms. The Bertz CT molecular complexity index is 971. The predicted octanol–water partition coefficient (Wildman–Crippen LogP) is 2.83. The Hall–Kier alpha value is -2.93. The van der Waals surface area contributed by atoms with Crippen molar-refractivity contribution in [1.82, 2.24) is 24.0 Å². The highest BCUT2D eigenvalue weighted by Gasteiger charge is 2.31. The van der Waals surface area contributed by atoms with E-state index in [1.54, 1.807) is 6.20 Å². The fraction of sp³-hybridized carbons (Fsp3) is 0.381. The summed E-state index contributed by atoms with van der Waals surface area (Å²) in [5.74, 6) is 1.98. The Balaban J connectivity index is 1.42. The van der Waals surface area contributed by atoms with E-state index in [-0.39, 0.29) is 11.9 Å². The van der Waals surface area contributed by atoms with Gasteiger partial charge in [-0.2, -0.15) is 0 Å². The average molecular weight is 378 g/mol. The highest BCUT2D eigenvalue weighted by atomic mass is 16.2. The van der Waals surface area contributed by atoms with Crippen LogP contribution in [-0.2, 0) is 18.4 Å². The zero-order chi connectivity index (χ0) is 19.7. The molecule has 2 aromatic heterocycles. The van der Waals surface area contributed by atoms with Gasteiger partial charge in [0.1, 0.15) is 11.6 Å². The third kappa shape index (κ3) is 3.57. The van der Waals surface area contributed by atoms with Crippen LogP contribution in [-0.4, -0.2) is 42.5 Å². The molecule has 7 heteroatoms. The first-order valence-electron chi connectivity index (χ1n) is 9.65. The van der Waals surface area contributed by atoms with Crippen LogP contribution in [0.4, 0.5) is 5.69 Å². The van der Waals surface area contributed by atoms with Gasteiger partial charge in [-0.25, -0.2) is 9.97 Å². The molecule has 4 rings (SSSR count). The van der Waals surface area contributed by atoms with Crippen LogP contribution >= 0.6 is 0 Å². The van der Waals surface area contributed by atoms with Gasteiger partial charge < -0.3 is 14.5 Å². The SMILES string of the molecule is Cc1nccn1-c1ccc(NC(=O)C2CCCN2Cc2cnc(C)n2C)cc1. The smallest absolute Gasteiger partial charge is 0.241 e. The second kappa shape index (κ2) is 7.59. The van der Waals surface area contributed by atoms with Gasteiger partial charge in [0, 0.05) is 43.6 Å². The quantitative estimate of drug-likeness (QED) is 0.741. The summed E-state index contributed by atoms with van der Waals surface area (Å²) in [6, 6.07) is 7.77. The molecule has 7 nitrogen and oxygen atoms in total. The van der Waals surface area contributed by atoms with Crippen molar-refractivity contribution in [1.29, 1.82) is 0 Å². The molecular formula is C21H26N6O. The molecule has 1 atom stereocenters. The topological polar surface area (TPSA) is 68.0 Å². The number of imidazole rings is 2. The molecular weight excluding hydrogens is 352 g/mol. The predicted molar refractivity (Wildman–Crippen MR) is 108 cm³/mol. The number of nitrogens with zero attached hydrogens (tertiary/aromatic N) is 5. The lowest BCUT2D eigenvalue weighted by Crippen LogP contribution is -2.39. The standard InChI is InChI=1S/C21H26N6O/c1-15-23-13-19(25(15)3)14-26-11-4-5-20(26)21(28)24-17-6-8-18(9-7-17)27-12-10-22-16(27)2/h6-10,12-13,20H,4-5,11,14H2,1-3H3,(H,24,28). The van der Waals surface area contributed by atoms with Crippen LogP contribution in [0, 0.1) is 13.8 Å². The van der Waals surface area contributed by atoms with E-state index in [4.69, 9.17) is 0 Å². The zero-order valence-corrected chi connectivity index (χ0v) is 16.6. The van der Waals surface area contributed by atoms with E-state index < -0.39 is 0 Å². The molecule has 28 heavy (non-hydrogen) atoms. The van der Waals surface area contributed by atoms with Crippen LogP contribution in [0.3, 0.4) is 0 Å². The number of hydrogen-bond donors (Lipinski definition) is 1. The first-order chi connectivity index (χ1) is 13.5. The van der Waals surface area contributed by atoms with Gasteiger partial charge >= 0.3 is 0 Å². The van der Waals surface area contributed by atoms with Crippen LogP contribution in [0.2, 0.25) is 0 Å². The summed E-state index contributed by atoms with van der Waals surface area (Å²) in [6.07, 6.45) is 7.53. The molecule has 0 spiro atoms. The van der Waals surface area contributed by atoms with Crippen molar-refractivity contribution >= 4 is 11.6 Å². The van der Waals surface area contributed by atoms with Gasteiger partial charge in [0.15, 0.2) is 0 Å². The van der Waals surface area contributed by atoms with Crippen LogP contribution in [0.5, 0.6) is 0 Å². The average Bonchev–Trinajstić information content (AvgIpc) is 3.40. The van der Waals surface area contributed by atoms with Crippen molar-refractivity contribution in [3.05, 3.63) is 60.2 Å². The number of likely N-dealkylation sites (tertiary alicyclic amines) is 1. The second-order valence-corrected chi connectivity index (χ2v) is 7.36. The summed E-state index contributed by atoms with van der Waals surface area (Å²) in [5.41, 5.74) is 2.98.